The van der Waals surface area contributed by atoms with Crippen LogP contribution in [0.4, 0.5) is 0 Å². The van der Waals surface area contributed by atoms with Crippen molar-refractivity contribution < 1.29 is 13.2 Å². The molecule has 0 amide bonds. The summed E-state index contributed by atoms with van der Waals surface area (Å²) in [5, 5.41) is 0. The number of sulfonamides is 1. The van der Waals surface area contributed by atoms with Crippen LogP contribution in [0.3, 0.4) is 0 Å². The summed E-state index contributed by atoms with van der Waals surface area (Å²) in [6, 6.07) is 16.4. The van der Waals surface area contributed by atoms with Crippen LogP contribution in [0.1, 0.15) is 19.8 Å². The second kappa shape index (κ2) is 6.83. The van der Waals surface area contributed by atoms with Gasteiger partial charge in [-0.05, 0) is 31.4 Å². The average molecular weight is 331 g/mol. The maximum atomic E-state index is 12.8. The first-order valence-corrected chi connectivity index (χ1v) is 9.34. The molecule has 1 saturated heterocycles. The van der Waals surface area contributed by atoms with Crippen molar-refractivity contribution >= 4 is 10.0 Å². The highest BCUT2D eigenvalue weighted by Crippen LogP contribution is 2.27. The summed E-state index contributed by atoms with van der Waals surface area (Å²) in [5.41, 5.74) is 1.60. The van der Waals surface area contributed by atoms with Gasteiger partial charge in [0, 0.05) is 18.2 Å². The van der Waals surface area contributed by atoms with E-state index >= 15 is 0 Å². The van der Waals surface area contributed by atoms with Gasteiger partial charge in [0.25, 0.3) is 0 Å². The van der Waals surface area contributed by atoms with E-state index in [1.54, 1.807) is 12.1 Å². The Bertz CT molecular complexity index is 753. The number of nitrogens with one attached hydrogen (secondary N) is 1. The third-order valence-corrected chi connectivity index (χ3v) is 5.74. The first-order chi connectivity index (χ1) is 11.1. The lowest BCUT2D eigenvalue weighted by Gasteiger charge is -2.21. The molecule has 2 aromatic carbocycles. The molecule has 0 radical (unpaired) electrons. The van der Waals surface area contributed by atoms with Crippen LogP contribution in [-0.2, 0) is 14.8 Å². The molecule has 0 unspecified atom stereocenters. The first-order valence-electron chi connectivity index (χ1n) is 7.86. The van der Waals surface area contributed by atoms with Crippen molar-refractivity contribution in [2.24, 2.45) is 0 Å². The van der Waals surface area contributed by atoms with E-state index in [0.29, 0.717) is 17.1 Å². The van der Waals surface area contributed by atoms with Gasteiger partial charge >= 0.3 is 0 Å². The highest BCUT2D eigenvalue weighted by molar-refractivity contribution is 7.89. The lowest BCUT2D eigenvalue weighted by Crippen LogP contribution is -2.40. The van der Waals surface area contributed by atoms with Gasteiger partial charge in [-0.2, -0.15) is 0 Å². The lowest BCUT2D eigenvalue weighted by molar-refractivity contribution is 0.0902. The van der Waals surface area contributed by atoms with Gasteiger partial charge in [-0.15, -0.1) is 0 Å². The maximum Gasteiger partial charge on any atom is 0.241 e. The van der Waals surface area contributed by atoms with Crippen molar-refractivity contribution in [2.75, 3.05) is 6.61 Å². The van der Waals surface area contributed by atoms with Crippen molar-refractivity contribution in [3.05, 3.63) is 54.6 Å². The molecule has 1 aliphatic rings. The van der Waals surface area contributed by atoms with Crippen molar-refractivity contribution in [1.29, 1.82) is 0 Å². The molecular formula is C18H21NO3S. The highest BCUT2D eigenvalue weighted by atomic mass is 32.2. The van der Waals surface area contributed by atoms with Crippen molar-refractivity contribution in [2.45, 2.75) is 36.8 Å². The van der Waals surface area contributed by atoms with Gasteiger partial charge in [0.15, 0.2) is 0 Å². The molecule has 0 saturated carbocycles. The van der Waals surface area contributed by atoms with Crippen molar-refractivity contribution in [3.63, 3.8) is 0 Å². The van der Waals surface area contributed by atoms with Gasteiger partial charge in [0.2, 0.25) is 10.0 Å². The molecule has 4 nitrogen and oxygen atoms in total. The average Bonchev–Trinajstić information content (AvgIpc) is 3.10. The molecule has 2 aromatic rings. The zero-order valence-corrected chi connectivity index (χ0v) is 13.9. The summed E-state index contributed by atoms with van der Waals surface area (Å²) in [4.78, 5) is 0.302. The zero-order chi connectivity index (χ0) is 16.3. The zero-order valence-electron chi connectivity index (χ0n) is 13.1. The third-order valence-electron chi connectivity index (χ3n) is 4.12. The van der Waals surface area contributed by atoms with Crippen molar-refractivity contribution in [3.8, 4) is 11.1 Å². The molecule has 0 spiro atoms. The van der Waals surface area contributed by atoms with Gasteiger partial charge in [0.05, 0.1) is 11.0 Å². The Morgan fingerprint density at radius 3 is 2.48 bits per heavy atom. The largest absolute Gasteiger partial charge is 0.377 e. The molecule has 1 heterocycles. The summed E-state index contributed by atoms with van der Waals surface area (Å²) >= 11 is 0. The predicted molar refractivity (Wildman–Crippen MR) is 90.6 cm³/mol. The third kappa shape index (κ3) is 3.63. The van der Waals surface area contributed by atoms with Crippen LogP contribution in [0, 0.1) is 0 Å². The Morgan fingerprint density at radius 1 is 1.09 bits per heavy atom. The molecule has 1 aliphatic heterocycles. The van der Waals surface area contributed by atoms with Crippen molar-refractivity contribution in [1.82, 2.24) is 4.72 Å². The summed E-state index contributed by atoms with van der Waals surface area (Å²) in [6.07, 6.45) is 1.83. The number of ether oxygens (including phenoxy) is 1. The maximum absolute atomic E-state index is 12.8. The summed E-state index contributed by atoms with van der Waals surface area (Å²) in [6.45, 7) is 2.57. The number of benzene rings is 2. The van der Waals surface area contributed by atoms with Crippen LogP contribution in [0.5, 0.6) is 0 Å². The van der Waals surface area contributed by atoms with Gasteiger partial charge < -0.3 is 4.74 Å². The quantitative estimate of drug-likeness (QED) is 0.915. The molecule has 0 bridgehead atoms. The second-order valence-corrected chi connectivity index (χ2v) is 7.51. The van der Waals surface area contributed by atoms with Gasteiger partial charge in [-0.25, -0.2) is 13.1 Å². The normalized spacial score (nSPS) is 19.6. The van der Waals surface area contributed by atoms with E-state index in [4.69, 9.17) is 4.74 Å². The minimum Gasteiger partial charge on any atom is -0.377 e. The fraction of sp³-hybridized carbons (Fsp3) is 0.333. The Morgan fingerprint density at radius 2 is 1.78 bits per heavy atom. The molecule has 1 N–H and O–H groups in total. The Labute approximate surface area is 137 Å². The standard InChI is InChI=1S/C18H21NO3S/c1-14(17-11-7-13-22-17)19-23(20,21)18-12-6-5-10-16(18)15-8-3-2-4-9-15/h2-6,8-10,12,14,17,19H,7,11,13H2,1H3/t14-,17-/m0/s1. The summed E-state index contributed by atoms with van der Waals surface area (Å²) in [7, 11) is -3.61. The minimum absolute atomic E-state index is 0.0475. The second-order valence-electron chi connectivity index (χ2n) is 5.82. The molecule has 0 aliphatic carbocycles. The Balaban J connectivity index is 1.91. The molecule has 5 heteroatoms. The Kier molecular flexibility index (Phi) is 4.80. The van der Waals surface area contributed by atoms with Crippen LogP contribution in [0.25, 0.3) is 11.1 Å². The minimum atomic E-state index is -3.61. The van der Waals surface area contributed by atoms with Crippen LogP contribution < -0.4 is 4.72 Å². The van der Waals surface area contributed by atoms with Gasteiger partial charge in [-0.3, -0.25) is 0 Å². The van der Waals surface area contributed by atoms with E-state index < -0.39 is 10.0 Å². The molecule has 0 aromatic heterocycles. The van der Waals surface area contributed by atoms with Gasteiger partial charge in [0.1, 0.15) is 0 Å². The number of hydrogen-bond acceptors (Lipinski definition) is 3. The molecular weight excluding hydrogens is 310 g/mol. The van der Waals surface area contributed by atoms with E-state index in [2.05, 4.69) is 4.72 Å². The van der Waals surface area contributed by atoms with Crippen LogP contribution in [0.2, 0.25) is 0 Å². The SMILES string of the molecule is C[C@H](NS(=O)(=O)c1ccccc1-c1ccccc1)[C@@H]1CCCO1. The van der Waals surface area contributed by atoms with E-state index in [0.717, 1.165) is 18.4 Å². The first kappa shape index (κ1) is 16.2. The van der Waals surface area contributed by atoms with E-state index in [1.165, 1.54) is 0 Å². The van der Waals surface area contributed by atoms with Crippen LogP contribution in [-0.4, -0.2) is 27.2 Å². The van der Waals surface area contributed by atoms with E-state index in [-0.39, 0.29) is 12.1 Å². The van der Waals surface area contributed by atoms with E-state index in [1.807, 2.05) is 49.4 Å². The smallest absolute Gasteiger partial charge is 0.241 e. The number of hydrogen-bond donors (Lipinski definition) is 1. The topological polar surface area (TPSA) is 55.4 Å². The fourth-order valence-corrected chi connectivity index (χ4v) is 4.44. The van der Waals surface area contributed by atoms with Crippen LogP contribution >= 0.6 is 0 Å². The lowest BCUT2D eigenvalue weighted by atomic mass is 10.1. The highest BCUT2D eigenvalue weighted by Gasteiger charge is 2.28. The van der Waals surface area contributed by atoms with Crippen LogP contribution in [0.15, 0.2) is 59.5 Å². The summed E-state index contributed by atoms with van der Waals surface area (Å²) < 4.78 is 34.0. The number of rotatable bonds is 5. The fourth-order valence-electron chi connectivity index (χ4n) is 2.94. The summed E-state index contributed by atoms with van der Waals surface area (Å²) in [5.74, 6) is 0. The predicted octanol–water partition coefficient (Wildman–Crippen LogP) is 3.20. The van der Waals surface area contributed by atoms with Gasteiger partial charge in [-0.1, -0.05) is 48.5 Å². The molecule has 2 atom stereocenters. The Hall–Kier alpha value is -1.69. The molecule has 122 valence electrons. The molecule has 1 fully saturated rings. The molecule has 3 rings (SSSR count). The molecule has 23 heavy (non-hydrogen) atoms. The van der Waals surface area contributed by atoms with E-state index in [9.17, 15) is 8.42 Å². The monoisotopic (exact) mass is 331 g/mol.